The van der Waals surface area contributed by atoms with Crippen LogP contribution in [0.3, 0.4) is 0 Å². The standard InChI is InChI=1S/C5H9NO3/c1-4-6-3-5(7,8-2)9-4/h7H,3H2,1-2H3/p+1/t5-/m0/s1. The highest BCUT2D eigenvalue weighted by molar-refractivity contribution is 5.67. The minimum absolute atomic E-state index is 0.287. The molecule has 1 aliphatic heterocycles. The van der Waals surface area contributed by atoms with Gasteiger partial charge < -0.3 is 14.6 Å². The summed E-state index contributed by atoms with van der Waals surface area (Å²) in [5.41, 5.74) is 0. The maximum Gasteiger partial charge on any atom is 0.390 e. The first-order chi connectivity index (χ1) is 4.16. The lowest BCUT2D eigenvalue weighted by atomic mass is 10.6. The second-order valence-electron chi connectivity index (χ2n) is 1.93. The number of hydrogen-bond acceptors (Lipinski definition) is 3. The topological polar surface area (TPSA) is 52.7 Å². The molecule has 0 saturated heterocycles. The van der Waals surface area contributed by atoms with E-state index in [1.807, 2.05) is 0 Å². The molecule has 1 aliphatic rings. The van der Waals surface area contributed by atoms with Crippen LogP contribution in [0.1, 0.15) is 6.92 Å². The average molecular weight is 132 g/mol. The lowest BCUT2D eigenvalue weighted by molar-refractivity contribution is -0.488. The molecule has 0 aromatic heterocycles. The number of aliphatic hydroxyl groups is 1. The van der Waals surface area contributed by atoms with E-state index in [4.69, 9.17) is 9.84 Å². The predicted molar refractivity (Wildman–Crippen MR) is 29.6 cm³/mol. The molecule has 0 amide bonds. The zero-order chi connectivity index (χ0) is 6.91. The molecule has 0 fully saturated rings. The first-order valence-corrected chi connectivity index (χ1v) is 2.70. The Morgan fingerprint density at radius 3 is 2.78 bits per heavy atom. The Bertz CT molecular complexity index is 145. The number of methoxy groups -OCH3 is 1. The molecule has 0 unspecified atom stereocenters. The van der Waals surface area contributed by atoms with Gasteiger partial charge >= 0.3 is 11.9 Å². The van der Waals surface area contributed by atoms with Gasteiger partial charge in [0.1, 0.15) is 0 Å². The lowest BCUT2D eigenvalue weighted by Crippen LogP contribution is -2.71. The SMILES string of the molecule is CO[C@@]1(O)C[NH+]=C(C)O1. The van der Waals surface area contributed by atoms with Gasteiger partial charge in [0.15, 0.2) is 0 Å². The number of rotatable bonds is 1. The molecule has 0 spiro atoms. The van der Waals surface area contributed by atoms with Gasteiger partial charge in [-0.15, -0.1) is 0 Å². The maximum atomic E-state index is 9.14. The fraction of sp³-hybridized carbons (Fsp3) is 0.800. The van der Waals surface area contributed by atoms with Crippen LogP contribution in [0.25, 0.3) is 0 Å². The van der Waals surface area contributed by atoms with E-state index in [1.165, 1.54) is 7.11 Å². The van der Waals surface area contributed by atoms with Crippen LogP contribution in [0.15, 0.2) is 0 Å². The fourth-order valence-electron chi connectivity index (χ4n) is 0.661. The summed E-state index contributed by atoms with van der Waals surface area (Å²) in [6.07, 6.45) is 0. The van der Waals surface area contributed by atoms with Crippen LogP contribution in [0.5, 0.6) is 0 Å². The Balaban J connectivity index is 2.53. The van der Waals surface area contributed by atoms with Gasteiger partial charge in [0.05, 0.1) is 6.92 Å². The molecule has 1 heterocycles. The summed E-state index contributed by atoms with van der Waals surface area (Å²) >= 11 is 0. The van der Waals surface area contributed by atoms with E-state index in [0.29, 0.717) is 5.90 Å². The van der Waals surface area contributed by atoms with Crippen LogP contribution >= 0.6 is 0 Å². The van der Waals surface area contributed by atoms with Gasteiger partial charge in [-0.1, -0.05) is 0 Å². The molecule has 0 radical (unpaired) electrons. The van der Waals surface area contributed by atoms with Crippen molar-refractivity contribution in [2.24, 2.45) is 0 Å². The van der Waals surface area contributed by atoms with Crippen molar-refractivity contribution in [3.8, 4) is 0 Å². The Labute approximate surface area is 53.1 Å². The molecule has 0 aliphatic carbocycles. The van der Waals surface area contributed by atoms with Gasteiger partial charge in [0.2, 0.25) is 6.54 Å². The summed E-state index contributed by atoms with van der Waals surface area (Å²) in [5.74, 6) is -0.858. The molecule has 2 N–H and O–H groups in total. The van der Waals surface area contributed by atoms with E-state index in [-0.39, 0.29) is 6.54 Å². The van der Waals surface area contributed by atoms with Gasteiger partial charge in [-0.05, 0) is 0 Å². The van der Waals surface area contributed by atoms with Gasteiger partial charge in [0.25, 0.3) is 0 Å². The maximum absolute atomic E-state index is 9.14. The first kappa shape index (κ1) is 6.51. The van der Waals surface area contributed by atoms with E-state index in [0.717, 1.165) is 0 Å². The van der Waals surface area contributed by atoms with Crippen molar-refractivity contribution in [2.45, 2.75) is 12.9 Å². The Hall–Kier alpha value is -0.610. The van der Waals surface area contributed by atoms with E-state index in [9.17, 15) is 0 Å². The van der Waals surface area contributed by atoms with Crippen molar-refractivity contribution >= 4 is 5.90 Å². The van der Waals surface area contributed by atoms with Crippen molar-refractivity contribution in [2.75, 3.05) is 13.7 Å². The molecule has 0 saturated carbocycles. The van der Waals surface area contributed by atoms with Gasteiger partial charge in [-0.3, -0.25) is 0 Å². The summed E-state index contributed by atoms with van der Waals surface area (Å²) in [6, 6.07) is 0. The van der Waals surface area contributed by atoms with Gasteiger partial charge in [-0.2, -0.15) is 0 Å². The molecule has 0 aromatic rings. The summed E-state index contributed by atoms with van der Waals surface area (Å²) in [7, 11) is 1.39. The normalized spacial score (nSPS) is 33.9. The predicted octanol–water partition coefficient (Wildman–Crippen LogP) is -2.19. The molecule has 1 rings (SSSR count). The molecule has 4 heteroatoms. The van der Waals surface area contributed by atoms with Crippen LogP contribution in [0, 0.1) is 0 Å². The Morgan fingerprint density at radius 2 is 2.56 bits per heavy atom. The fourth-order valence-corrected chi connectivity index (χ4v) is 0.661. The van der Waals surface area contributed by atoms with E-state index >= 15 is 0 Å². The van der Waals surface area contributed by atoms with E-state index in [1.54, 1.807) is 6.92 Å². The third-order valence-corrected chi connectivity index (χ3v) is 1.19. The highest BCUT2D eigenvalue weighted by Gasteiger charge is 2.39. The summed E-state index contributed by atoms with van der Waals surface area (Å²) < 4.78 is 9.46. The molecular weight excluding hydrogens is 122 g/mol. The molecule has 4 nitrogen and oxygen atoms in total. The number of nitrogens with one attached hydrogen (secondary N) is 1. The van der Waals surface area contributed by atoms with Crippen molar-refractivity contribution in [1.82, 2.24) is 0 Å². The minimum atomic E-state index is -1.44. The molecule has 52 valence electrons. The van der Waals surface area contributed by atoms with Gasteiger partial charge in [-0.25, -0.2) is 4.99 Å². The number of β-amino-alcohol motifs (C(OH)–C–C–N with tert-alkyl or cyclic N) is 1. The van der Waals surface area contributed by atoms with Crippen LogP contribution < -0.4 is 4.99 Å². The largest absolute Gasteiger partial charge is 0.390 e. The Kier molecular flexibility index (Phi) is 1.42. The molecule has 0 bridgehead atoms. The van der Waals surface area contributed by atoms with Crippen LogP contribution in [-0.2, 0) is 9.47 Å². The monoisotopic (exact) mass is 132 g/mol. The summed E-state index contributed by atoms with van der Waals surface area (Å²) in [4.78, 5) is 2.78. The average Bonchev–Trinajstić information content (AvgIpc) is 2.13. The lowest BCUT2D eigenvalue weighted by Gasteiger charge is -2.13. The van der Waals surface area contributed by atoms with Crippen molar-refractivity contribution < 1.29 is 19.6 Å². The summed E-state index contributed by atoms with van der Waals surface area (Å²) in [6.45, 7) is 2.01. The smallest absolute Gasteiger partial charge is 0.384 e. The van der Waals surface area contributed by atoms with Crippen molar-refractivity contribution in [3.05, 3.63) is 0 Å². The molecular formula is C5H10NO3+. The molecule has 1 atom stereocenters. The zero-order valence-corrected chi connectivity index (χ0v) is 5.47. The Morgan fingerprint density at radius 1 is 1.89 bits per heavy atom. The van der Waals surface area contributed by atoms with E-state index in [2.05, 4.69) is 9.73 Å². The third kappa shape index (κ3) is 1.20. The van der Waals surface area contributed by atoms with Gasteiger partial charge in [0, 0.05) is 7.11 Å². The number of ether oxygens (including phenoxy) is 2. The number of hydrogen-bond donors (Lipinski definition) is 2. The minimum Gasteiger partial charge on any atom is -0.384 e. The third-order valence-electron chi connectivity index (χ3n) is 1.19. The molecule has 0 aromatic carbocycles. The zero-order valence-electron chi connectivity index (χ0n) is 5.47. The quantitative estimate of drug-likeness (QED) is 0.398. The van der Waals surface area contributed by atoms with Crippen LogP contribution in [0.4, 0.5) is 0 Å². The second-order valence-corrected chi connectivity index (χ2v) is 1.93. The summed E-state index contributed by atoms with van der Waals surface area (Å²) in [5, 5.41) is 9.14. The van der Waals surface area contributed by atoms with Crippen LogP contribution in [-0.4, -0.2) is 30.6 Å². The van der Waals surface area contributed by atoms with Crippen molar-refractivity contribution in [1.29, 1.82) is 0 Å². The highest BCUT2D eigenvalue weighted by Crippen LogP contribution is 2.06. The second kappa shape index (κ2) is 1.97. The van der Waals surface area contributed by atoms with E-state index < -0.39 is 5.97 Å². The van der Waals surface area contributed by atoms with Crippen molar-refractivity contribution in [3.63, 3.8) is 0 Å². The highest BCUT2D eigenvalue weighted by atomic mass is 16.8. The molecule has 9 heavy (non-hydrogen) atoms. The van der Waals surface area contributed by atoms with Crippen LogP contribution in [0.2, 0.25) is 0 Å². The first-order valence-electron chi connectivity index (χ1n) is 2.70.